The van der Waals surface area contributed by atoms with Crippen LogP contribution in [0.25, 0.3) is 0 Å². The van der Waals surface area contributed by atoms with E-state index in [9.17, 15) is 4.79 Å². The van der Waals surface area contributed by atoms with Crippen LogP contribution in [0.15, 0.2) is 0 Å². The summed E-state index contributed by atoms with van der Waals surface area (Å²) in [5.41, 5.74) is 0. The Morgan fingerprint density at radius 1 is 0.621 bits per heavy atom. The topological polar surface area (TPSA) is 26.3 Å². The van der Waals surface area contributed by atoms with Crippen LogP contribution in [-0.4, -0.2) is 12.1 Å². The third-order valence-corrected chi connectivity index (χ3v) is 8.68. The van der Waals surface area contributed by atoms with Gasteiger partial charge in [-0.15, -0.1) is 0 Å². The van der Waals surface area contributed by atoms with Crippen LogP contribution in [0.2, 0.25) is 0 Å². The smallest absolute Gasteiger partial charge is 0.306 e. The molecular weight excluding hydrogens is 356 g/mol. The SMILES string of the molecule is CCCC(=O)OC1CCC(C2CCC(CC[C@H]3CC[C@H](CCC)CC3)CC2)CC1. The lowest BCUT2D eigenvalue weighted by molar-refractivity contribution is -0.151. The Kier molecular flexibility index (Phi) is 9.86. The second-order valence-corrected chi connectivity index (χ2v) is 10.8. The van der Waals surface area contributed by atoms with Crippen LogP contribution in [0.4, 0.5) is 0 Å². The van der Waals surface area contributed by atoms with Gasteiger partial charge in [-0.25, -0.2) is 0 Å². The van der Waals surface area contributed by atoms with Crippen LogP contribution < -0.4 is 0 Å². The first-order valence-corrected chi connectivity index (χ1v) is 13.4. The Hall–Kier alpha value is -0.530. The Balaban J connectivity index is 1.27. The average Bonchev–Trinajstić information content (AvgIpc) is 2.75. The molecular formula is C27H48O2. The molecule has 0 saturated heterocycles. The molecule has 0 spiro atoms. The summed E-state index contributed by atoms with van der Waals surface area (Å²) in [6.07, 6.45) is 24.4. The van der Waals surface area contributed by atoms with Gasteiger partial charge in [0.1, 0.15) is 6.10 Å². The second-order valence-electron chi connectivity index (χ2n) is 10.8. The molecule has 0 N–H and O–H groups in total. The van der Waals surface area contributed by atoms with Crippen LogP contribution in [0.1, 0.15) is 129 Å². The molecule has 168 valence electrons. The summed E-state index contributed by atoms with van der Waals surface area (Å²) < 4.78 is 5.66. The Morgan fingerprint density at radius 2 is 1.07 bits per heavy atom. The lowest BCUT2D eigenvalue weighted by Gasteiger charge is -2.38. The number of ether oxygens (including phenoxy) is 1. The number of hydrogen-bond donors (Lipinski definition) is 0. The van der Waals surface area contributed by atoms with Crippen molar-refractivity contribution >= 4 is 5.97 Å². The average molecular weight is 405 g/mol. The van der Waals surface area contributed by atoms with Crippen molar-refractivity contribution in [2.45, 2.75) is 136 Å². The number of hydrogen-bond acceptors (Lipinski definition) is 2. The van der Waals surface area contributed by atoms with E-state index in [0.29, 0.717) is 6.42 Å². The highest BCUT2D eigenvalue weighted by molar-refractivity contribution is 5.69. The Labute approximate surface area is 180 Å². The molecule has 0 atom stereocenters. The van der Waals surface area contributed by atoms with Gasteiger partial charge in [0.15, 0.2) is 0 Å². The molecule has 0 aromatic rings. The van der Waals surface area contributed by atoms with Crippen LogP contribution in [0.5, 0.6) is 0 Å². The zero-order chi connectivity index (χ0) is 20.5. The molecule has 0 aromatic carbocycles. The van der Waals surface area contributed by atoms with E-state index in [0.717, 1.165) is 48.9 Å². The van der Waals surface area contributed by atoms with E-state index in [1.165, 1.54) is 89.9 Å². The van der Waals surface area contributed by atoms with Gasteiger partial charge in [-0.05, 0) is 74.5 Å². The fraction of sp³-hybridized carbons (Fsp3) is 0.963. The number of carbonyl (C=O) groups excluding carboxylic acids is 1. The number of esters is 1. The van der Waals surface area contributed by atoms with E-state index < -0.39 is 0 Å². The van der Waals surface area contributed by atoms with Crippen LogP contribution >= 0.6 is 0 Å². The summed E-state index contributed by atoms with van der Waals surface area (Å²) in [5, 5.41) is 0. The Bertz CT molecular complexity index is 449. The molecule has 0 amide bonds. The highest BCUT2D eigenvalue weighted by Gasteiger charge is 2.32. The minimum absolute atomic E-state index is 0.0234. The van der Waals surface area contributed by atoms with Gasteiger partial charge in [-0.2, -0.15) is 0 Å². The normalized spacial score (nSPS) is 35.9. The summed E-state index contributed by atoms with van der Waals surface area (Å²) in [4.78, 5) is 11.7. The standard InChI is InChI=1S/C27H48O2/c1-3-5-21-7-9-22(10-8-21)11-12-23-13-15-24(16-14-23)25-17-19-26(20-18-25)29-27(28)6-4-2/h21-26H,3-20H2,1-2H3/t21-,22-,23?,24?,25?,26?. The molecule has 3 saturated carbocycles. The fourth-order valence-corrected chi connectivity index (χ4v) is 6.76. The molecule has 3 fully saturated rings. The Morgan fingerprint density at radius 3 is 1.55 bits per heavy atom. The molecule has 3 rings (SSSR count). The zero-order valence-corrected chi connectivity index (χ0v) is 19.5. The molecule has 29 heavy (non-hydrogen) atoms. The maximum absolute atomic E-state index is 11.7. The van der Waals surface area contributed by atoms with Crippen molar-refractivity contribution in [2.75, 3.05) is 0 Å². The molecule has 0 bridgehead atoms. The van der Waals surface area contributed by atoms with Gasteiger partial charge in [0.05, 0.1) is 0 Å². The molecule has 0 radical (unpaired) electrons. The van der Waals surface area contributed by atoms with Crippen molar-refractivity contribution in [1.29, 1.82) is 0 Å². The molecule has 3 aliphatic carbocycles. The molecule has 3 aliphatic rings. The molecule has 0 aromatic heterocycles. The third-order valence-electron chi connectivity index (χ3n) is 8.68. The van der Waals surface area contributed by atoms with E-state index in [1.807, 2.05) is 6.92 Å². The minimum Gasteiger partial charge on any atom is -0.462 e. The third kappa shape index (κ3) is 7.59. The molecule has 0 unspecified atom stereocenters. The van der Waals surface area contributed by atoms with Gasteiger partial charge in [-0.3, -0.25) is 4.79 Å². The minimum atomic E-state index is 0.0234. The van der Waals surface area contributed by atoms with Crippen molar-refractivity contribution in [3.8, 4) is 0 Å². The lowest BCUT2D eigenvalue weighted by atomic mass is 9.69. The predicted octanol–water partition coefficient (Wildman–Crippen LogP) is 8.08. The lowest BCUT2D eigenvalue weighted by Crippen LogP contribution is -2.29. The highest BCUT2D eigenvalue weighted by atomic mass is 16.5. The monoisotopic (exact) mass is 404 g/mol. The maximum Gasteiger partial charge on any atom is 0.306 e. The molecule has 2 nitrogen and oxygen atoms in total. The van der Waals surface area contributed by atoms with Gasteiger partial charge >= 0.3 is 5.97 Å². The zero-order valence-electron chi connectivity index (χ0n) is 19.5. The largest absolute Gasteiger partial charge is 0.462 e. The van der Waals surface area contributed by atoms with Crippen LogP contribution in [0.3, 0.4) is 0 Å². The van der Waals surface area contributed by atoms with Gasteiger partial charge in [-0.1, -0.05) is 78.1 Å². The number of carbonyl (C=O) groups is 1. The van der Waals surface area contributed by atoms with E-state index >= 15 is 0 Å². The van der Waals surface area contributed by atoms with Crippen molar-refractivity contribution in [2.24, 2.45) is 29.6 Å². The summed E-state index contributed by atoms with van der Waals surface area (Å²) in [6, 6.07) is 0. The van der Waals surface area contributed by atoms with Gasteiger partial charge in [0.25, 0.3) is 0 Å². The fourth-order valence-electron chi connectivity index (χ4n) is 6.76. The first kappa shape index (κ1) is 23.1. The van der Waals surface area contributed by atoms with E-state index in [2.05, 4.69) is 6.92 Å². The molecule has 0 aliphatic heterocycles. The second kappa shape index (κ2) is 12.4. The van der Waals surface area contributed by atoms with Crippen molar-refractivity contribution in [3.63, 3.8) is 0 Å². The first-order valence-electron chi connectivity index (χ1n) is 13.4. The summed E-state index contributed by atoms with van der Waals surface area (Å²) in [6.45, 7) is 4.39. The summed E-state index contributed by atoms with van der Waals surface area (Å²) in [5.74, 6) is 5.01. The van der Waals surface area contributed by atoms with Crippen LogP contribution in [-0.2, 0) is 9.53 Å². The molecule has 2 heteroatoms. The van der Waals surface area contributed by atoms with Gasteiger partial charge in [0.2, 0.25) is 0 Å². The van der Waals surface area contributed by atoms with E-state index in [4.69, 9.17) is 4.74 Å². The van der Waals surface area contributed by atoms with Crippen molar-refractivity contribution in [3.05, 3.63) is 0 Å². The van der Waals surface area contributed by atoms with Crippen molar-refractivity contribution < 1.29 is 9.53 Å². The highest BCUT2D eigenvalue weighted by Crippen LogP contribution is 2.42. The van der Waals surface area contributed by atoms with Crippen molar-refractivity contribution in [1.82, 2.24) is 0 Å². The molecule has 0 heterocycles. The maximum atomic E-state index is 11.7. The quantitative estimate of drug-likeness (QED) is 0.363. The van der Waals surface area contributed by atoms with E-state index in [1.54, 1.807) is 0 Å². The summed E-state index contributed by atoms with van der Waals surface area (Å²) in [7, 11) is 0. The van der Waals surface area contributed by atoms with E-state index in [-0.39, 0.29) is 12.1 Å². The first-order chi connectivity index (χ1) is 14.2. The number of rotatable bonds is 9. The predicted molar refractivity (Wildman–Crippen MR) is 122 cm³/mol. The summed E-state index contributed by atoms with van der Waals surface area (Å²) >= 11 is 0. The van der Waals surface area contributed by atoms with Gasteiger partial charge in [0, 0.05) is 6.42 Å². The van der Waals surface area contributed by atoms with Crippen LogP contribution in [0, 0.1) is 29.6 Å². The van der Waals surface area contributed by atoms with Gasteiger partial charge < -0.3 is 4.74 Å².